The standard InChI is InChI=1S/C14H20N2O3/c15-14-8-7-12(16(17)18)9-11(14)10-19-13-5-3-1-2-4-6-13/h7-9,13H,1-6,10,15H2. The normalized spacial score (nSPS) is 17.1. The Labute approximate surface area is 112 Å². The van der Waals surface area contributed by atoms with E-state index in [0.717, 1.165) is 12.8 Å². The molecule has 5 heteroatoms. The van der Waals surface area contributed by atoms with E-state index in [4.69, 9.17) is 10.5 Å². The molecule has 0 spiro atoms. The molecule has 5 nitrogen and oxygen atoms in total. The summed E-state index contributed by atoms with van der Waals surface area (Å²) in [5, 5.41) is 10.7. The average molecular weight is 264 g/mol. The molecule has 19 heavy (non-hydrogen) atoms. The van der Waals surface area contributed by atoms with Gasteiger partial charge in [0.15, 0.2) is 0 Å². The number of hydrogen-bond acceptors (Lipinski definition) is 4. The molecule has 1 aromatic carbocycles. The maximum atomic E-state index is 10.7. The zero-order valence-corrected chi connectivity index (χ0v) is 11.0. The Morgan fingerprint density at radius 3 is 2.58 bits per heavy atom. The smallest absolute Gasteiger partial charge is 0.269 e. The molecule has 0 radical (unpaired) electrons. The van der Waals surface area contributed by atoms with E-state index in [1.165, 1.54) is 37.8 Å². The van der Waals surface area contributed by atoms with Gasteiger partial charge in [-0.3, -0.25) is 10.1 Å². The predicted molar refractivity (Wildman–Crippen MR) is 73.8 cm³/mol. The van der Waals surface area contributed by atoms with Crippen LogP contribution in [0.25, 0.3) is 0 Å². The quantitative estimate of drug-likeness (QED) is 0.391. The van der Waals surface area contributed by atoms with Crippen molar-refractivity contribution in [3.63, 3.8) is 0 Å². The van der Waals surface area contributed by atoms with Crippen LogP contribution in [-0.2, 0) is 11.3 Å². The highest BCUT2D eigenvalue weighted by Gasteiger charge is 2.14. The van der Waals surface area contributed by atoms with Crippen molar-refractivity contribution in [2.75, 3.05) is 5.73 Å². The number of nitrogens with zero attached hydrogens (tertiary/aromatic N) is 1. The fourth-order valence-corrected chi connectivity index (χ4v) is 2.45. The summed E-state index contributed by atoms with van der Waals surface area (Å²) in [6.45, 7) is 0.359. The van der Waals surface area contributed by atoms with Crippen molar-refractivity contribution in [3.8, 4) is 0 Å². The zero-order valence-electron chi connectivity index (χ0n) is 11.0. The molecule has 1 aliphatic carbocycles. The van der Waals surface area contributed by atoms with Crippen molar-refractivity contribution in [1.29, 1.82) is 0 Å². The van der Waals surface area contributed by atoms with Crippen molar-refractivity contribution in [1.82, 2.24) is 0 Å². The summed E-state index contributed by atoms with van der Waals surface area (Å²) in [5.41, 5.74) is 7.16. The third kappa shape index (κ3) is 3.92. The number of nitro benzene ring substituents is 1. The highest BCUT2D eigenvalue weighted by molar-refractivity contribution is 5.52. The van der Waals surface area contributed by atoms with Crippen molar-refractivity contribution in [2.24, 2.45) is 0 Å². The molecule has 0 bridgehead atoms. The lowest BCUT2D eigenvalue weighted by Gasteiger charge is -2.16. The minimum atomic E-state index is -0.408. The summed E-state index contributed by atoms with van der Waals surface area (Å²) in [6, 6.07) is 4.50. The van der Waals surface area contributed by atoms with Gasteiger partial charge in [-0.05, 0) is 18.9 Å². The van der Waals surface area contributed by atoms with Crippen LogP contribution in [0.3, 0.4) is 0 Å². The van der Waals surface area contributed by atoms with Crippen molar-refractivity contribution in [3.05, 3.63) is 33.9 Å². The van der Waals surface area contributed by atoms with Crippen molar-refractivity contribution < 1.29 is 9.66 Å². The van der Waals surface area contributed by atoms with Gasteiger partial charge in [0.1, 0.15) is 0 Å². The summed E-state index contributed by atoms with van der Waals surface area (Å²) in [7, 11) is 0. The summed E-state index contributed by atoms with van der Waals surface area (Å²) >= 11 is 0. The lowest BCUT2D eigenvalue weighted by atomic mass is 10.1. The summed E-state index contributed by atoms with van der Waals surface area (Å²) in [5.74, 6) is 0. The van der Waals surface area contributed by atoms with E-state index in [1.807, 2.05) is 0 Å². The third-order valence-corrected chi connectivity index (χ3v) is 3.61. The molecular formula is C14H20N2O3. The molecule has 1 saturated carbocycles. The molecule has 0 amide bonds. The van der Waals surface area contributed by atoms with Crippen LogP contribution in [0.15, 0.2) is 18.2 Å². The molecule has 0 atom stereocenters. The number of hydrogen-bond donors (Lipinski definition) is 1. The molecule has 0 heterocycles. The second-order valence-corrected chi connectivity index (χ2v) is 5.06. The number of nitrogens with two attached hydrogens (primary N) is 1. The second-order valence-electron chi connectivity index (χ2n) is 5.06. The molecule has 0 unspecified atom stereocenters. The molecule has 1 fully saturated rings. The predicted octanol–water partition coefficient (Wildman–Crippen LogP) is 3.42. The van der Waals surface area contributed by atoms with Gasteiger partial charge in [0.2, 0.25) is 0 Å². The minimum absolute atomic E-state index is 0.0636. The number of nitrogen functional groups attached to an aromatic ring is 1. The number of non-ortho nitro benzene ring substituents is 1. The van der Waals surface area contributed by atoms with Gasteiger partial charge in [-0.15, -0.1) is 0 Å². The van der Waals surface area contributed by atoms with Crippen LogP contribution in [-0.4, -0.2) is 11.0 Å². The van der Waals surface area contributed by atoms with E-state index < -0.39 is 4.92 Å². The summed E-state index contributed by atoms with van der Waals surface area (Å²) in [4.78, 5) is 10.3. The van der Waals surface area contributed by atoms with Crippen LogP contribution in [0.2, 0.25) is 0 Å². The summed E-state index contributed by atoms with van der Waals surface area (Å²) < 4.78 is 5.86. The Bertz CT molecular complexity index is 440. The van der Waals surface area contributed by atoms with E-state index in [9.17, 15) is 10.1 Å². The second kappa shape index (κ2) is 6.52. The Morgan fingerprint density at radius 2 is 1.95 bits per heavy atom. The van der Waals surface area contributed by atoms with E-state index >= 15 is 0 Å². The molecule has 0 aliphatic heterocycles. The Balaban J connectivity index is 1.97. The molecular weight excluding hydrogens is 244 g/mol. The van der Waals surface area contributed by atoms with Gasteiger partial charge in [0.05, 0.1) is 17.6 Å². The number of anilines is 1. The van der Waals surface area contributed by atoms with Crippen LogP contribution < -0.4 is 5.73 Å². The van der Waals surface area contributed by atoms with Gasteiger partial charge >= 0.3 is 0 Å². The van der Waals surface area contributed by atoms with Gasteiger partial charge in [0, 0.05) is 23.4 Å². The molecule has 2 N–H and O–H groups in total. The fourth-order valence-electron chi connectivity index (χ4n) is 2.45. The zero-order chi connectivity index (χ0) is 13.7. The van der Waals surface area contributed by atoms with Crippen LogP contribution in [0.1, 0.15) is 44.1 Å². The Morgan fingerprint density at radius 1 is 1.26 bits per heavy atom. The van der Waals surface area contributed by atoms with Crippen molar-refractivity contribution in [2.45, 2.75) is 51.2 Å². The fraction of sp³-hybridized carbons (Fsp3) is 0.571. The molecule has 104 valence electrons. The first-order valence-corrected chi connectivity index (χ1v) is 6.81. The largest absolute Gasteiger partial charge is 0.398 e. The molecule has 0 aromatic heterocycles. The van der Waals surface area contributed by atoms with E-state index in [0.29, 0.717) is 17.9 Å². The van der Waals surface area contributed by atoms with E-state index in [1.54, 1.807) is 6.07 Å². The number of benzene rings is 1. The SMILES string of the molecule is Nc1ccc([N+](=O)[O-])cc1COC1CCCCCC1. The summed E-state index contributed by atoms with van der Waals surface area (Å²) in [6.07, 6.45) is 7.38. The minimum Gasteiger partial charge on any atom is -0.398 e. The lowest BCUT2D eigenvalue weighted by molar-refractivity contribution is -0.384. The first-order valence-electron chi connectivity index (χ1n) is 6.81. The van der Waals surface area contributed by atoms with Gasteiger partial charge in [-0.25, -0.2) is 0 Å². The van der Waals surface area contributed by atoms with E-state index in [-0.39, 0.29) is 11.8 Å². The Kier molecular flexibility index (Phi) is 4.74. The maximum absolute atomic E-state index is 10.7. The van der Waals surface area contributed by atoms with Gasteiger partial charge in [-0.2, -0.15) is 0 Å². The van der Waals surface area contributed by atoms with Gasteiger partial charge in [0.25, 0.3) is 5.69 Å². The molecule has 1 aliphatic rings. The molecule has 1 aromatic rings. The van der Waals surface area contributed by atoms with Gasteiger partial charge < -0.3 is 10.5 Å². The number of nitro groups is 1. The van der Waals surface area contributed by atoms with Crippen LogP contribution in [0.4, 0.5) is 11.4 Å². The van der Waals surface area contributed by atoms with Crippen molar-refractivity contribution >= 4 is 11.4 Å². The van der Waals surface area contributed by atoms with Gasteiger partial charge in [-0.1, -0.05) is 25.7 Å². The molecule has 2 rings (SSSR count). The van der Waals surface area contributed by atoms with Crippen LogP contribution >= 0.6 is 0 Å². The highest BCUT2D eigenvalue weighted by atomic mass is 16.6. The molecule has 0 saturated heterocycles. The number of ether oxygens (including phenoxy) is 1. The number of rotatable bonds is 4. The first-order chi connectivity index (χ1) is 9.16. The van der Waals surface area contributed by atoms with Crippen LogP contribution in [0.5, 0.6) is 0 Å². The average Bonchev–Trinajstić information content (AvgIpc) is 2.66. The highest BCUT2D eigenvalue weighted by Crippen LogP contribution is 2.24. The Hall–Kier alpha value is -1.62. The maximum Gasteiger partial charge on any atom is 0.269 e. The van der Waals surface area contributed by atoms with Crippen LogP contribution in [0, 0.1) is 10.1 Å². The first kappa shape index (κ1) is 13.8. The third-order valence-electron chi connectivity index (χ3n) is 3.61. The topological polar surface area (TPSA) is 78.4 Å². The monoisotopic (exact) mass is 264 g/mol. The van der Waals surface area contributed by atoms with E-state index in [2.05, 4.69) is 0 Å². The lowest BCUT2D eigenvalue weighted by Crippen LogP contribution is -2.12.